The number of halogens is 1. The molecule has 0 saturated heterocycles. The minimum absolute atomic E-state index is 0.129. The van der Waals surface area contributed by atoms with E-state index in [1.54, 1.807) is 12.1 Å². The molecular formula is C11H11ClN4O2. The van der Waals surface area contributed by atoms with Gasteiger partial charge in [0, 0.05) is 11.1 Å². The van der Waals surface area contributed by atoms with Gasteiger partial charge < -0.3 is 10.1 Å². The predicted molar refractivity (Wildman–Crippen MR) is 67.1 cm³/mol. The fourth-order valence-electron chi connectivity index (χ4n) is 1.43. The van der Waals surface area contributed by atoms with Gasteiger partial charge in [-0.25, -0.2) is 4.98 Å². The van der Waals surface area contributed by atoms with E-state index in [9.17, 15) is 4.79 Å². The summed E-state index contributed by atoms with van der Waals surface area (Å²) >= 11 is 5.98. The van der Waals surface area contributed by atoms with Gasteiger partial charge in [-0.15, -0.1) is 0 Å². The van der Waals surface area contributed by atoms with Gasteiger partial charge >= 0.3 is 0 Å². The molecule has 2 N–H and O–H groups in total. The van der Waals surface area contributed by atoms with Gasteiger partial charge in [0.15, 0.2) is 0 Å². The molecule has 0 aliphatic rings. The van der Waals surface area contributed by atoms with Crippen molar-refractivity contribution < 1.29 is 9.53 Å². The number of anilines is 1. The molecule has 6 nitrogen and oxygen atoms in total. The topological polar surface area (TPSA) is 79.9 Å². The molecule has 1 aromatic heterocycles. The third-order valence-electron chi connectivity index (χ3n) is 2.36. The van der Waals surface area contributed by atoms with Crippen molar-refractivity contribution in [1.29, 1.82) is 0 Å². The van der Waals surface area contributed by atoms with E-state index in [0.717, 1.165) is 5.56 Å². The second-order valence-electron chi connectivity index (χ2n) is 3.59. The number of aryl methyl sites for hydroxylation is 1. The zero-order chi connectivity index (χ0) is 13.1. The fraction of sp³-hybridized carbons (Fsp3) is 0.182. The molecule has 0 unspecified atom stereocenters. The molecule has 2 rings (SSSR count). The van der Waals surface area contributed by atoms with Crippen LogP contribution in [0.3, 0.4) is 0 Å². The van der Waals surface area contributed by atoms with Gasteiger partial charge in [-0.3, -0.25) is 9.89 Å². The van der Waals surface area contributed by atoms with E-state index >= 15 is 0 Å². The molecule has 2 aromatic rings. The highest BCUT2D eigenvalue weighted by Gasteiger charge is 2.13. The van der Waals surface area contributed by atoms with Crippen LogP contribution in [0.15, 0.2) is 18.5 Å². The summed E-state index contributed by atoms with van der Waals surface area (Å²) in [6.45, 7) is 1.84. The summed E-state index contributed by atoms with van der Waals surface area (Å²) in [5.74, 6) is 0.218. The molecule has 0 aliphatic heterocycles. The van der Waals surface area contributed by atoms with Gasteiger partial charge in [0.25, 0.3) is 5.91 Å². The lowest BCUT2D eigenvalue weighted by atomic mass is 10.2. The van der Waals surface area contributed by atoms with Crippen molar-refractivity contribution in [2.75, 3.05) is 12.4 Å². The van der Waals surface area contributed by atoms with Crippen LogP contribution in [0.4, 0.5) is 5.69 Å². The van der Waals surface area contributed by atoms with Crippen LogP contribution in [-0.4, -0.2) is 28.2 Å². The number of nitrogens with one attached hydrogen (secondary N) is 2. The number of methoxy groups -OCH3 is 1. The van der Waals surface area contributed by atoms with Crippen molar-refractivity contribution in [2.45, 2.75) is 6.92 Å². The molecule has 0 bridgehead atoms. The van der Waals surface area contributed by atoms with E-state index in [0.29, 0.717) is 16.5 Å². The minimum atomic E-state index is -0.396. The van der Waals surface area contributed by atoms with Crippen molar-refractivity contribution in [2.24, 2.45) is 0 Å². The number of rotatable bonds is 3. The number of nitrogens with zero attached hydrogens (tertiary/aromatic N) is 2. The van der Waals surface area contributed by atoms with Crippen molar-refractivity contribution >= 4 is 23.2 Å². The Kier molecular flexibility index (Phi) is 3.47. The van der Waals surface area contributed by atoms with Gasteiger partial charge in [-0.05, 0) is 18.6 Å². The second kappa shape index (κ2) is 5.05. The molecule has 18 heavy (non-hydrogen) atoms. The van der Waals surface area contributed by atoms with Crippen LogP contribution in [0.5, 0.6) is 5.75 Å². The largest absolute Gasteiger partial charge is 0.495 e. The number of amides is 1. The van der Waals surface area contributed by atoms with Crippen LogP contribution in [-0.2, 0) is 0 Å². The van der Waals surface area contributed by atoms with Gasteiger partial charge in [0.1, 0.15) is 12.1 Å². The highest BCUT2D eigenvalue weighted by Crippen LogP contribution is 2.31. The van der Waals surface area contributed by atoms with Crippen LogP contribution in [0.25, 0.3) is 0 Å². The van der Waals surface area contributed by atoms with Crippen LogP contribution < -0.4 is 10.1 Å². The predicted octanol–water partition coefficient (Wildman–Crippen LogP) is 2.03. The Morgan fingerprint density at radius 1 is 1.50 bits per heavy atom. The highest BCUT2D eigenvalue weighted by atomic mass is 35.5. The molecule has 0 radical (unpaired) electrons. The molecule has 0 spiro atoms. The minimum Gasteiger partial charge on any atom is -0.495 e. The lowest BCUT2D eigenvalue weighted by Gasteiger charge is -2.11. The smallest absolute Gasteiger partial charge is 0.293 e. The Bertz CT molecular complexity index is 569. The molecule has 1 heterocycles. The van der Waals surface area contributed by atoms with E-state index in [1.807, 2.05) is 6.92 Å². The molecule has 1 amide bonds. The van der Waals surface area contributed by atoms with Crippen LogP contribution in [0.2, 0.25) is 5.02 Å². The first-order valence-electron chi connectivity index (χ1n) is 5.12. The maximum absolute atomic E-state index is 11.8. The summed E-state index contributed by atoms with van der Waals surface area (Å²) < 4.78 is 5.15. The fourth-order valence-corrected chi connectivity index (χ4v) is 1.58. The van der Waals surface area contributed by atoms with Crippen molar-refractivity contribution in [3.05, 3.63) is 34.9 Å². The Hall–Kier alpha value is -2.08. The first kappa shape index (κ1) is 12.4. The molecule has 0 aliphatic carbocycles. The normalized spacial score (nSPS) is 10.2. The SMILES string of the molecule is COc1cc(Cl)c(C)cc1NC(=O)c1ncn[nH]1. The van der Waals surface area contributed by atoms with Crippen molar-refractivity contribution in [3.8, 4) is 5.75 Å². The molecule has 0 atom stereocenters. The quantitative estimate of drug-likeness (QED) is 0.891. The lowest BCUT2D eigenvalue weighted by Crippen LogP contribution is -2.14. The zero-order valence-electron chi connectivity index (χ0n) is 9.82. The number of aromatic amines is 1. The number of carbonyl (C=O) groups excluding carboxylic acids is 1. The molecule has 0 fully saturated rings. The molecule has 94 valence electrons. The average Bonchev–Trinajstić information content (AvgIpc) is 2.87. The maximum Gasteiger partial charge on any atom is 0.293 e. The molecule has 0 saturated carbocycles. The van der Waals surface area contributed by atoms with E-state index in [2.05, 4.69) is 20.5 Å². The Labute approximate surface area is 108 Å². The Morgan fingerprint density at radius 3 is 2.89 bits per heavy atom. The van der Waals surface area contributed by atoms with Crippen LogP contribution in [0.1, 0.15) is 16.2 Å². The van der Waals surface area contributed by atoms with Crippen LogP contribution >= 0.6 is 11.6 Å². The third-order valence-corrected chi connectivity index (χ3v) is 2.77. The van der Waals surface area contributed by atoms with Crippen molar-refractivity contribution in [3.63, 3.8) is 0 Å². The lowest BCUT2D eigenvalue weighted by molar-refractivity contribution is 0.101. The number of benzene rings is 1. The number of hydrogen-bond donors (Lipinski definition) is 2. The number of hydrogen-bond acceptors (Lipinski definition) is 4. The summed E-state index contributed by atoms with van der Waals surface area (Å²) in [6, 6.07) is 3.38. The monoisotopic (exact) mass is 266 g/mol. The van der Waals surface area contributed by atoms with E-state index in [1.165, 1.54) is 13.4 Å². The Morgan fingerprint density at radius 2 is 2.28 bits per heavy atom. The van der Waals surface area contributed by atoms with Gasteiger partial charge in [0.05, 0.1) is 12.8 Å². The summed E-state index contributed by atoms with van der Waals surface area (Å²) in [5.41, 5.74) is 1.37. The third kappa shape index (κ3) is 2.43. The summed E-state index contributed by atoms with van der Waals surface area (Å²) in [5, 5.41) is 9.34. The molecule has 7 heteroatoms. The van der Waals surface area contributed by atoms with Crippen LogP contribution in [0, 0.1) is 6.92 Å². The summed E-state index contributed by atoms with van der Waals surface area (Å²) in [4.78, 5) is 15.6. The number of carbonyl (C=O) groups is 1. The standard InChI is InChI=1S/C11H11ClN4O2/c1-6-3-8(9(18-2)4-7(6)12)15-11(17)10-13-5-14-16-10/h3-5H,1-2H3,(H,15,17)(H,13,14,16). The highest BCUT2D eigenvalue weighted by molar-refractivity contribution is 6.31. The summed E-state index contributed by atoms with van der Waals surface area (Å²) in [6.07, 6.45) is 1.26. The van der Waals surface area contributed by atoms with E-state index in [4.69, 9.17) is 16.3 Å². The number of aromatic nitrogens is 3. The molecule has 1 aromatic carbocycles. The van der Waals surface area contributed by atoms with Gasteiger partial charge in [-0.1, -0.05) is 11.6 Å². The Balaban J connectivity index is 2.28. The van der Waals surface area contributed by atoms with E-state index in [-0.39, 0.29) is 5.82 Å². The maximum atomic E-state index is 11.8. The first-order chi connectivity index (χ1) is 8.61. The molecular weight excluding hydrogens is 256 g/mol. The average molecular weight is 267 g/mol. The first-order valence-corrected chi connectivity index (χ1v) is 5.50. The van der Waals surface area contributed by atoms with E-state index < -0.39 is 5.91 Å². The second-order valence-corrected chi connectivity index (χ2v) is 4.00. The van der Waals surface area contributed by atoms with Gasteiger partial charge in [-0.2, -0.15) is 5.10 Å². The van der Waals surface area contributed by atoms with Crippen molar-refractivity contribution in [1.82, 2.24) is 15.2 Å². The number of ether oxygens (including phenoxy) is 1. The zero-order valence-corrected chi connectivity index (χ0v) is 10.6. The van der Waals surface area contributed by atoms with Gasteiger partial charge in [0.2, 0.25) is 5.82 Å². The summed E-state index contributed by atoms with van der Waals surface area (Å²) in [7, 11) is 1.51. The number of H-pyrrole nitrogens is 1.